The van der Waals surface area contributed by atoms with Crippen molar-refractivity contribution in [3.63, 3.8) is 0 Å². The molecule has 94 valence electrons. The summed E-state index contributed by atoms with van der Waals surface area (Å²) in [6.07, 6.45) is 3.91. The molecule has 1 aliphatic carbocycles. The van der Waals surface area contributed by atoms with Gasteiger partial charge < -0.3 is 11.1 Å². The summed E-state index contributed by atoms with van der Waals surface area (Å²) in [5.74, 6) is -0.0675. The van der Waals surface area contributed by atoms with Crippen LogP contribution in [0.2, 0.25) is 0 Å². The molecule has 0 radical (unpaired) electrons. The van der Waals surface area contributed by atoms with E-state index in [1.54, 1.807) is 11.7 Å². The predicted octanol–water partition coefficient (Wildman–Crippen LogP) is 0.592. The van der Waals surface area contributed by atoms with Crippen molar-refractivity contribution in [1.82, 2.24) is 15.1 Å². The summed E-state index contributed by atoms with van der Waals surface area (Å²) in [6, 6.07) is 2.05. The number of nitrogens with one attached hydrogen (secondary N) is 1. The standard InChI is InChI=1S/C12H20N4O/c1-3-8-7-11(16(2)15-8)12(17)14-10-6-4-5-9(10)13/h7,9-10H,3-6,13H2,1-2H3,(H,14,17). The second-order valence-corrected chi connectivity index (χ2v) is 4.67. The number of nitrogens with zero attached hydrogens (tertiary/aromatic N) is 2. The molecule has 1 fully saturated rings. The van der Waals surface area contributed by atoms with E-state index in [2.05, 4.69) is 10.4 Å². The van der Waals surface area contributed by atoms with E-state index in [1.165, 1.54) is 0 Å². The maximum Gasteiger partial charge on any atom is 0.269 e. The lowest BCUT2D eigenvalue weighted by Gasteiger charge is -2.16. The smallest absolute Gasteiger partial charge is 0.269 e. The van der Waals surface area contributed by atoms with E-state index in [4.69, 9.17) is 5.73 Å². The lowest BCUT2D eigenvalue weighted by molar-refractivity contribution is 0.0925. The molecular weight excluding hydrogens is 216 g/mol. The molecule has 2 atom stereocenters. The second kappa shape index (κ2) is 4.87. The van der Waals surface area contributed by atoms with Gasteiger partial charge in [-0.3, -0.25) is 9.48 Å². The number of amides is 1. The third kappa shape index (κ3) is 2.49. The number of rotatable bonds is 3. The molecule has 2 unspecified atom stereocenters. The summed E-state index contributed by atoms with van der Waals surface area (Å²) in [6.45, 7) is 2.02. The molecule has 0 aromatic carbocycles. The highest BCUT2D eigenvalue weighted by atomic mass is 16.2. The fourth-order valence-electron chi connectivity index (χ4n) is 2.32. The number of hydrogen-bond donors (Lipinski definition) is 2. The summed E-state index contributed by atoms with van der Waals surface area (Å²) in [5.41, 5.74) is 7.49. The van der Waals surface area contributed by atoms with Gasteiger partial charge in [-0.25, -0.2) is 0 Å². The third-order valence-electron chi connectivity index (χ3n) is 3.41. The van der Waals surface area contributed by atoms with Gasteiger partial charge in [0.1, 0.15) is 5.69 Å². The maximum absolute atomic E-state index is 12.1. The molecule has 1 heterocycles. The highest BCUT2D eigenvalue weighted by Crippen LogP contribution is 2.17. The average molecular weight is 236 g/mol. The van der Waals surface area contributed by atoms with E-state index >= 15 is 0 Å². The van der Waals surface area contributed by atoms with E-state index in [-0.39, 0.29) is 18.0 Å². The Morgan fingerprint density at radius 1 is 1.65 bits per heavy atom. The van der Waals surface area contributed by atoms with E-state index in [1.807, 2.05) is 13.0 Å². The molecule has 1 amide bonds. The van der Waals surface area contributed by atoms with Gasteiger partial charge in [0.2, 0.25) is 0 Å². The molecule has 5 heteroatoms. The first-order chi connectivity index (χ1) is 8.11. The number of aryl methyl sites for hydroxylation is 2. The number of hydrogen-bond acceptors (Lipinski definition) is 3. The van der Waals surface area contributed by atoms with E-state index < -0.39 is 0 Å². The minimum atomic E-state index is -0.0675. The Kier molecular flexibility index (Phi) is 3.47. The van der Waals surface area contributed by atoms with Gasteiger partial charge in [-0.1, -0.05) is 6.92 Å². The Balaban J connectivity index is 2.06. The molecule has 0 saturated heterocycles. The third-order valence-corrected chi connectivity index (χ3v) is 3.41. The average Bonchev–Trinajstić information content (AvgIpc) is 2.86. The van der Waals surface area contributed by atoms with Crippen molar-refractivity contribution in [1.29, 1.82) is 0 Å². The number of carbonyl (C=O) groups is 1. The van der Waals surface area contributed by atoms with Crippen LogP contribution in [-0.2, 0) is 13.5 Å². The number of carbonyl (C=O) groups excluding carboxylic acids is 1. The topological polar surface area (TPSA) is 72.9 Å². The highest BCUT2D eigenvalue weighted by molar-refractivity contribution is 5.92. The molecule has 1 aliphatic rings. The van der Waals surface area contributed by atoms with Crippen molar-refractivity contribution in [2.24, 2.45) is 12.8 Å². The Bertz CT molecular complexity index is 413. The van der Waals surface area contributed by atoms with Gasteiger partial charge in [-0.05, 0) is 31.7 Å². The van der Waals surface area contributed by atoms with Crippen LogP contribution in [0.25, 0.3) is 0 Å². The maximum atomic E-state index is 12.1. The van der Waals surface area contributed by atoms with Gasteiger partial charge >= 0.3 is 0 Å². The van der Waals surface area contributed by atoms with Crippen LogP contribution in [0, 0.1) is 0 Å². The molecular formula is C12H20N4O. The van der Waals surface area contributed by atoms with E-state index in [0.29, 0.717) is 5.69 Å². The van der Waals surface area contributed by atoms with Crippen molar-refractivity contribution in [3.8, 4) is 0 Å². The molecule has 17 heavy (non-hydrogen) atoms. The minimum Gasteiger partial charge on any atom is -0.346 e. The van der Waals surface area contributed by atoms with Crippen molar-refractivity contribution < 1.29 is 4.79 Å². The first kappa shape index (κ1) is 12.1. The van der Waals surface area contributed by atoms with Crippen LogP contribution in [0.4, 0.5) is 0 Å². The van der Waals surface area contributed by atoms with Crippen LogP contribution in [0.1, 0.15) is 42.4 Å². The number of nitrogens with two attached hydrogens (primary N) is 1. The van der Waals surface area contributed by atoms with Gasteiger partial charge in [0, 0.05) is 19.1 Å². The molecule has 1 aromatic rings. The summed E-state index contributed by atoms with van der Waals surface area (Å²) < 4.78 is 1.63. The van der Waals surface area contributed by atoms with Crippen LogP contribution in [-0.4, -0.2) is 27.8 Å². The quantitative estimate of drug-likeness (QED) is 0.807. The predicted molar refractivity (Wildman–Crippen MR) is 65.7 cm³/mol. The van der Waals surface area contributed by atoms with Crippen LogP contribution < -0.4 is 11.1 Å². The molecule has 0 bridgehead atoms. The zero-order valence-electron chi connectivity index (χ0n) is 10.4. The van der Waals surface area contributed by atoms with Crippen molar-refractivity contribution in [2.45, 2.75) is 44.7 Å². The SMILES string of the molecule is CCc1cc(C(=O)NC2CCCC2N)n(C)n1. The van der Waals surface area contributed by atoms with Crippen molar-refractivity contribution in [2.75, 3.05) is 0 Å². The molecule has 0 spiro atoms. The van der Waals surface area contributed by atoms with E-state index in [9.17, 15) is 4.79 Å². The molecule has 0 aliphatic heterocycles. The Hall–Kier alpha value is -1.36. The number of aromatic nitrogens is 2. The van der Waals surface area contributed by atoms with Gasteiger partial charge in [0.05, 0.1) is 5.69 Å². The minimum absolute atomic E-state index is 0.0675. The molecule has 1 aromatic heterocycles. The van der Waals surface area contributed by atoms with Crippen LogP contribution in [0.5, 0.6) is 0 Å². The zero-order valence-corrected chi connectivity index (χ0v) is 10.4. The summed E-state index contributed by atoms with van der Waals surface area (Å²) in [4.78, 5) is 12.1. The summed E-state index contributed by atoms with van der Waals surface area (Å²) >= 11 is 0. The lowest BCUT2D eigenvalue weighted by Crippen LogP contribution is -2.44. The molecule has 5 nitrogen and oxygen atoms in total. The van der Waals surface area contributed by atoms with Gasteiger partial charge in [0.25, 0.3) is 5.91 Å². The van der Waals surface area contributed by atoms with Crippen LogP contribution in [0.15, 0.2) is 6.07 Å². The summed E-state index contributed by atoms with van der Waals surface area (Å²) in [5, 5.41) is 7.27. The first-order valence-electron chi connectivity index (χ1n) is 6.21. The summed E-state index contributed by atoms with van der Waals surface area (Å²) in [7, 11) is 1.79. The fourth-order valence-corrected chi connectivity index (χ4v) is 2.32. The normalized spacial score (nSPS) is 23.9. The second-order valence-electron chi connectivity index (χ2n) is 4.67. The Labute approximate surface area is 101 Å². The van der Waals surface area contributed by atoms with Crippen LogP contribution >= 0.6 is 0 Å². The Morgan fingerprint density at radius 2 is 2.41 bits per heavy atom. The van der Waals surface area contributed by atoms with Crippen molar-refractivity contribution >= 4 is 5.91 Å². The van der Waals surface area contributed by atoms with Crippen molar-refractivity contribution in [3.05, 3.63) is 17.5 Å². The largest absolute Gasteiger partial charge is 0.346 e. The molecule has 1 saturated carbocycles. The zero-order chi connectivity index (χ0) is 12.4. The lowest BCUT2D eigenvalue weighted by atomic mass is 10.2. The monoisotopic (exact) mass is 236 g/mol. The highest BCUT2D eigenvalue weighted by Gasteiger charge is 2.26. The first-order valence-corrected chi connectivity index (χ1v) is 6.21. The van der Waals surface area contributed by atoms with Gasteiger partial charge in [-0.2, -0.15) is 5.10 Å². The van der Waals surface area contributed by atoms with Crippen LogP contribution in [0.3, 0.4) is 0 Å². The fraction of sp³-hybridized carbons (Fsp3) is 0.667. The van der Waals surface area contributed by atoms with E-state index in [0.717, 1.165) is 31.4 Å². The Morgan fingerprint density at radius 3 is 2.94 bits per heavy atom. The molecule has 3 N–H and O–H groups in total. The molecule has 2 rings (SSSR count). The van der Waals surface area contributed by atoms with Gasteiger partial charge in [0.15, 0.2) is 0 Å². The van der Waals surface area contributed by atoms with Gasteiger partial charge in [-0.15, -0.1) is 0 Å².